The second-order valence-electron chi connectivity index (χ2n) is 7.72. The van der Waals surface area contributed by atoms with Crippen LogP contribution in [0.2, 0.25) is 0 Å². The average molecular weight is 448 g/mol. The number of carboxylic acids is 1. The van der Waals surface area contributed by atoms with Gasteiger partial charge in [-0.05, 0) is 55.0 Å². The first-order valence-corrected chi connectivity index (χ1v) is 11.3. The Labute approximate surface area is 193 Å². The van der Waals surface area contributed by atoms with Crippen molar-refractivity contribution in [3.63, 3.8) is 0 Å². The lowest BCUT2D eigenvalue weighted by atomic mass is 9.96. The number of rotatable bonds is 12. The molecule has 33 heavy (non-hydrogen) atoms. The highest BCUT2D eigenvalue weighted by Gasteiger charge is 2.13. The molecular weight excluding hydrogens is 418 g/mol. The second-order valence-corrected chi connectivity index (χ2v) is 7.72. The fraction of sp³-hybridized carbons (Fsp3) is 0.308. The van der Waals surface area contributed by atoms with E-state index in [1.807, 2.05) is 42.6 Å². The molecule has 0 unspecified atom stereocenters. The van der Waals surface area contributed by atoms with Gasteiger partial charge in [0.15, 0.2) is 5.69 Å². The van der Waals surface area contributed by atoms with Crippen LogP contribution in [0.15, 0.2) is 65.5 Å². The summed E-state index contributed by atoms with van der Waals surface area (Å²) in [4.78, 5) is 31.4. The Morgan fingerprint density at radius 1 is 1.09 bits per heavy atom. The number of carbonyl (C=O) groups excluding carboxylic acids is 1. The molecule has 0 spiro atoms. The van der Waals surface area contributed by atoms with Gasteiger partial charge < -0.3 is 14.8 Å². The molecule has 0 fully saturated rings. The maximum atomic E-state index is 12.2. The Bertz CT molecular complexity index is 1070. The molecule has 0 saturated carbocycles. The van der Waals surface area contributed by atoms with E-state index in [1.54, 1.807) is 6.20 Å². The quantitative estimate of drug-likeness (QED) is 0.363. The van der Waals surface area contributed by atoms with E-state index in [2.05, 4.69) is 28.3 Å². The highest BCUT2D eigenvalue weighted by Crippen LogP contribution is 2.27. The Morgan fingerprint density at radius 2 is 1.91 bits per heavy atom. The Hall–Kier alpha value is -3.74. The molecular formula is C26H29N3O4. The average Bonchev–Trinajstić information content (AvgIpc) is 3.33. The molecule has 1 aromatic carbocycles. The van der Waals surface area contributed by atoms with Crippen LogP contribution < -0.4 is 5.32 Å². The Balaban J connectivity index is 1.74. The molecule has 0 aliphatic rings. The van der Waals surface area contributed by atoms with E-state index < -0.39 is 5.97 Å². The summed E-state index contributed by atoms with van der Waals surface area (Å²) in [5, 5.41) is 11.7. The monoisotopic (exact) mass is 447 g/mol. The summed E-state index contributed by atoms with van der Waals surface area (Å²) in [5.74, 6) is -0.613. The third-order valence-corrected chi connectivity index (χ3v) is 5.16. The molecule has 0 saturated heterocycles. The van der Waals surface area contributed by atoms with E-state index in [9.17, 15) is 9.59 Å². The molecule has 1 amide bonds. The summed E-state index contributed by atoms with van der Waals surface area (Å²) in [6.45, 7) is 2.68. The summed E-state index contributed by atoms with van der Waals surface area (Å²) < 4.78 is 5.53. The molecule has 0 atom stereocenters. The maximum Gasteiger partial charge on any atom is 0.303 e. The van der Waals surface area contributed by atoms with Crippen LogP contribution in [0.5, 0.6) is 0 Å². The minimum Gasteiger partial charge on any atom is -0.481 e. The first kappa shape index (κ1) is 23.9. The van der Waals surface area contributed by atoms with E-state index in [4.69, 9.17) is 9.52 Å². The number of allylic oxidation sites excluding steroid dienone is 1. The van der Waals surface area contributed by atoms with Gasteiger partial charge in [-0.3, -0.25) is 14.6 Å². The number of aromatic nitrogens is 2. The van der Waals surface area contributed by atoms with Crippen LogP contribution in [0.3, 0.4) is 0 Å². The van der Waals surface area contributed by atoms with Crippen LogP contribution in [-0.4, -0.2) is 33.5 Å². The van der Waals surface area contributed by atoms with Crippen LogP contribution in [-0.2, 0) is 4.79 Å². The summed E-state index contributed by atoms with van der Waals surface area (Å²) in [5.41, 5.74) is 4.08. The third-order valence-electron chi connectivity index (χ3n) is 5.16. The minimum atomic E-state index is -0.768. The standard InChI is InChI=1S/C26H29N3O4/c1-2-3-16-28-25(32)23-18-33-26(29-23)20-13-11-19(12-14-20)22(21-8-7-15-27-17-21)9-5-4-6-10-24(30)31/h7-9,11-15,17-18H,2-6,10,16H2,1H3,(H,28,32)(H,30,31)/b22-9+. The molecule has 3 aromatic rings. The number of oxazole rings is 1. The number of benzene rings is 1. The molecule has 7 heteroatoms. The second kappa shape index (κ2) is 12.3. The van der Waals surface area contributed by atoms with Gasteiger partial charge in [0.25, 0.3) is 5.91 Å². The van der Waals surface area contributed by atoms with Gasteiger partial charge in [-0.25, -0.2) is 4.98 Å². The van der Waals surface area contributed by atoms with Crippen molar-refractivity contribution in [3.05, 3.63) is 78.0 Å². The van der Waals surface area contributed by atoms with Gasteiger partial charge >= 0.3 is 5.97 Å². The summed E-state index contributed by atoms with van der Waals surface area (Å²) >= 11 is 0. The number of carbonyl (C=O) groups is 2. The van der Waals surface area contributed by atoms with Crippen molar-refractivity contribution in [1.82, 2.24) is 15.3 Å². The Morgan fingerprint density at radius 3 is 2.61 bits per heavy atom. The normalized spacial score (nSPS) is 11.4. The third kappa shape index (κ3) is 7.14. The SMILES string of the molecule is CCCCNC(=O)c1coc(-c2ccc(/C(=C\CCCCC(=O)O)c3cccnc3)cc2)n1. The number of aliphatic carboxylic acids is 1. The molecule has 0 radical (unpaired) electrons. The minimum absolute atomic E-state index is 0.180. The molecule has 172 valence electrons. The fourth-order valence-corrected chi connectivity index (χ4v) is 3.36. The van der Waals surface area contributed by atoms with Crippen molar-refractivity contribution in [1.29, 1.82) is 0 Å². The lowest BCUT2D eigenvalue weighted by Crippen LogP contribution is -2.24. The molecule has 2 N–H and O–H groups in total. The van der Waals surface area contributed by atoms with Gasteiger partial charge in [0.1, 0.15) is 6.26 Å². The number of hydrogen-bond donors (Lipinski definition) is 2. The van der Waals surface area contributed by atoms with E-state index >= 15 is 0 Å². The van der Waals surface area contributed by atoms with Crippen LogP contribution in [0, 0.1) is 0 Å². The van der Waals surface area contributed by atoms with Crippen molar-refractivity contribution < 1.29 is 19.1 Å². The molecule has 0 aliphatic carbocycles. The number of carboxylic acid groups (broad SMARTS) is 1. The van der Waals surface area contributed by atoms with Crippen LogP contribution in [0.25, 0.3) is 17.0 Å². The van der Waals surface area contributed by atoms with E-state index in [0.29, 0.717) is 18.9 Å². The van der Waals surface area contributed by atoms with Crippen LogP contribution in [0.4, 0.5) is 0 Å². The van der Waals surface area contributed by atoms with Crippen molar-refractivity contribution >= 4 is 17.4 Å². The van der Waals surface area contributed by atoms with Gasteiger partial charge in [0.05, 0.1) is 0 Å². The van der Waals surface area contributed by atoms with Gasteiger partial charge in [0, 0.05) is 36.5 Å². The number of hydrogen-bond acceptors (Lipinski definition) is 5. The zero-order valence-electron chi connectivity index (χ0n) is 18.8. The number of pyridine rings is 1. The van der Waals surface area contributed by atoms with Crippen LogP contribution in [0.1, 0.15) is 67.1 Å². The zero-order valence-corrected chi connectivity index (χ0v) is 18.8. The number of nitrogens with zero attached hydrogens (tertiary/aromatic N) is 2. The van der Waals surface area contributed by atoms with Gasteiger partial charge in [-0.2, -0.15) is 0 Å². The lowest BCUT2D eigenvalue weighted by Gasteiger charge is -2.09. The first-order valence-electron chi connectivity index (χ1n) is 11.3. The van der Waals surface area contributed by atoms with Gasteiger partial charge in [0.2, 0.25) is 5.89 Å². The van der Waals surface area contributed by atoms with E-state index in [-0.39, 0.29) is 18.0 Å². The Kier molecular flexibility index (Phi) is 8.94. The largest absolute Gasteiger partial charge is 0.481 e. The number of nitrogens with one attached hydrogen (secondary N) is 1. The predicted molar refractivity (Wildman–Crippen MR) is 127 cm³/mol. The molecule has 3 rings (SSSR count). The number of amides is 1. The van der Waals surface area contributed by atoms with Crippen molar-refractivity contribution in [2.24, 2.45) is 0 Å². The zero-order chi connectivity index (χ0) is 23.5. The summed E-state index contributed by atoms with van der Waals surface area (Å²) in [6.07, 6.45) is 11.4. The van der Waals surface area contributed by atoms with Gasteiger partial charge in [-0.15, -0.1) is 0 Å². The van der Waals surface area contributed by atoms with Crippen molar-refractivity contribution in [2.45, 2.75) is 45.4 Å². The molecule has 0 bridgehead atoms. The molecule has 2 heterocycles. The van der Waals surface area contributed by atoms with Crippen molar-refractivity contribution in [3.8, 4) is 11.5 Å². The highest BCUT2D eigenvalue weighted by molar-refractivity contribution is 5.92. The van der Waals surface area contributed by atoms with E-state index in [0.717, 1.165) is 47.9 Å². The maximum absolute atomic E-state index is 12.2. The molecule has 2 aromatic heterocycles. The topological polar surface area (TPSA) is 105 Å². The summed E-state index contributed by atoms with van der Waals surface area (Å²) in [6, 6.07) is 11.7. The van der Waals surface area contributed by atoms with Gasteiger partial charge in [-0.1, -0.05) is 37.6 Å². The van der Waals surface area contributed by atoms with Crippen molar-refractivity contribution in [2.75, 3.05) is 6.54 Å². The lowest BCUT2D eigenvalue weighted by molar-refractivity contribution is -0.137. The molecule has 7 nitrogen and oxygen atoms in total. The number of unbranched alkanes of at least 4 members (excludes halogenated alkanes) is 3. The highest BCUT2D eigenvalue weighted by atomic mass is 16.4. The fourth-order valence-electron chi connectivity index (χ4n) is 3.36. The predicted octanol–water partition coefficient (Wildman–Crippen LogP) is 5.34. The van der Waals surface area contributed by atoms with Crippen LogP contribution >= 0.6 is 0 Å². The summed E-state index contributed by atoms with van der Waals surface area (Å²) in [7, 11) is 0. The smallest absolute Gasteiger partial charge is 0.303 e. The molecule has 0 aliphatic heterocycles. The van der Waals surface area contributed by atoms with E-state index in [1.165, 1.54) is 6.26 Å². The first-order chi connectivity index (χ1) is 16.1.